The van der Waals surface area contributed by atoms with Crippen LogP contribution < -0.4 is 4.74 Å². The molecule has 0 saturated heterocycles. The van der Waals surface area contributed by atoms with Crippen LogP contribution >= 0.6 is 0 Å². The summed E-state index contributed by atoms with van der Waals surface area (Å²) >= 11 is 0. The summed E-state index contributed by atoms with van der Waals surface area (Å²) in [6.45, 7) is 2.04. The Bertz CT molecular complexity index is 1200. The van der Waals surface area contributed by atoms with Crippen LogP contribution in [0.3, 0.4) is 0 Å². The van der Waals surface area contributed by atoms with Gasteiger partial charge in [0, 0.05) is 18.5 Å². The Morgan fingerprint density at radius 2 is 1.42 bits per heavy atom. The second-order valence-electron chi connectivity index (χ2n) is 11.5. The number of alkyl halides is 7. The zero-order chi connectivity index (χ0) is 31.3. The second-order valence-corrected chi connectivity index (χ2v) is 11.5. The summed E-state index contributed by atoms with van der Waals surface area (Å²) in [5.74, 6) is -3.92. The van der Waals surface area contributed by atoms with E-state index in [1.807, 2.05) is 19.1 Å². The lowest BCUT2D eigenvalue weighted by atomic mass is 9.80. The van der Waals surface area contributed by atoms with Crippen molar-refractivity contribution >= 4 is 0 Å². The number of allylic oxidation sites excluding steroid dienone is 2. The molecule has 2 aromatic rings. The van der Waals surface area contributed by atoms with Crippen LogP contribution in [-0.2, 0) is 23.4 Å². The summed E-state index contributed by atoms with van der Waals surface area (Å²) in [6.07, 6.45) is 0.0586. The van der Waals surface area contributed by atoms with E-state index in [-0.39, 0.29) is 24.7 Å². The Balaban J connectivity index is 1.20. The number of ether oxygens (including phenoxy) is 2. The number of hydrogen-bond donors (Lipinski definition) is 0. The Morgan fingerprint density at radius 1 is 0.837 bits per heavy atom. The van der Waals surface area contributed by atoms with Crippen LogP contribution in [0.15, 0.2) is 42.7 Å². The van der Waals surface area contributed by atoms with Crippen molar-refractivity contribution in [2.45, 2.75) is 102 Å². The Hall–Kier alpha value is -2.76. The second kappa shape index (κ2) is 13.9. The minimum atomic E-state index is -4.94. The molecule has 0 radical (unpaired) electrons. The maximum absolute atomic E-state index is 14.7. The predicted molar refractivity (Wildman–Crippen MR) is 143 cm³/mol. The highest BCUT2D eigenvalue weighted by atomic mass is 19.4. The van der Waals surface area contributed by atoms with E-state index in [4.69, 9.17) is 4.74 Å². The van der Waals surface area contributed by atoms with Crippen molar-refractivity contribution in [3.8, 4) is 5.75 Å². The summed E-state index contributed by atoms with van der Waals surface area (Å²) in [7, 11) is 0. The molecule has 1 heterocycles. The zero-order valence-electron chi connectivity index (χ0n) is 23.9. The number of aromatic nitrogens is 2. The third-order valence-corrected chi connectivity index (χ3v) is 8.22. The first-order valence-electron chi connectivity index (χ1n) is 14.8. The fraction of sp³-hybridized carbons (Fsp3) is 0.613. The topological polar surface area (TPSA) is 44.2 Å². The van der Waals surface area contributed by atoms with Gasteiger partial charge in [-0.25, -0.2) is 14.4 Å². The summed E-state index contributed by atoms with van der Waals surface area (Å²) in [4.78, 5) is 7.63. The van der Waals surface area contributed by atoms with Crippen LogP contribution in [0.5, 0.6) is 5.75 Å². The minimum Gasteiger partial charge on any atom is -0.432 e. The van der Waals surface area contributed by atoms with Crippen LogP contribution in [-0.4, -0.2) is 22.2 Å². The Kier molecular flexibility index (Phi) is 10.7. The largest absolute Gasteiger partial charge is 0.432 e. The van der Waals surface area contributed by atoms with E-state index in [2.05, 4.69) is 14.7 Å². The third kappa shape index (κ3) is 9.12. The van der Waals surface area contributed by atoms with Crippen LogP contribution in [0.1, 0.15) is 88.1 Å². The quantitative estimate of drug-likeness (QED) is 0.185. The van der Waals surface area contributed by atoms with Crippen molar-refractivity contribution in [2.24, 2.45) is 17.8 Å². The Labute approximate surface area is 245 Å². The number of unbranched alkanes of at least 4 members (excludes halogenated alkanes) is 1. The fourth-order valence-corrected chi connectivity index (χ4v) is 5.67. The summed E-state index contributed by atoms with van der Waals surface area (Å²) in [5.41, 5.74) is -0.744. The number of benzene rings is 1. The predicted octanol–water partition coefficient (Wildman–Crippen LogP) is 9.64. The van der Waals surface area contributed by atoms with Gasteiger partial charge in [-0.2, -0.15) is 30.7 Å². The summed E-state index contributed by atoms with van der Waals surface area (Å²) < 4.78 is 120. The monoisotopic (exact) mass is 620 g/mol. The average molecular weight is 621 g/mol. The van der Waals surface area contributed by atoms with Gasteiger partial charge in [0.1, 0.15) is 11.6 Å². The average Bonchev–Trinajstić information content (AvgIpc) is 2.95. The molecule has 2 saturated carbocycles. The van der Waals surface area contributed by atoms with Crippen molar-refractivity contribution in [3.05, 3.63) is 65.5 Å². The van der Waals surface area contributed by atoms with Crippen LogP contribution in [0.4, 0.5) is 35.1 Å². The van der Waals surface area contributed by atoms with E-state index in [9.17, 15) is 35.1 Å². The molecule has 2 fully saturated rings. The molecule has 0 unspecified atom stereocenters. The van der Waals surface area contributed by atoms with E-state index in [1.54, 1.807) is 0 Å². The normalized spacial score (nSPS) is 23.9. The van der Waals surface area contributed by atoms with Gasteiger partial charge < -0.3 is 9.47 Å². The number of hydrogen-bond acceptors (Lipinski definition) is 4. The van der Waals surface area contributed by atoms with Gasteiger partial charge in [0.2, 0.25) is 5.82 Å². The van der Waals surface area contributed by atoms with E-state index >= 15 is 0 Å². The van der Waals surface area contributed by atoms with Crippen LogP contribution in [0.2, 0.25) is 0 Å². The van der Waals surface area contributed by atoms with E-state index < -0.39 is 53.4 Å². The van der Waals surface area contributed by atoms with Gasteiger partial charge in [-0.05, 0) is 93.7 Å². The first kappa shape index (κ1) is 33.1. The third-order valence-electron chi connectivity index (χ3n) is 8.22. The zero-order valence-corrected chi connectivity index (χ0v) is 23.9. The number of aryl methyl sites for hydroxylation is 1. The molecule has 0 bridgehead atoms. The highest BCUT2D eigenvalue weighted by Crippen LogP contribution is 2.42. The van der Waals surface area contributed by atoms with Crippen molar-refractivity contribution in [2.75, 3.05) is 0 Å². The van der Waals surface area contributed by atoms with Gasteiger partial charge >= 0.3 is 18.4 Å². The SMILES string of the molecule is CCCCc1cnc(C(F)(F)OC2CCC(/C=C/C3CCC(C(F)(F)Oc4ccc(C(F)(F)F)c(F)c4)CC3)CC2)nc1. The molecule has 2 aliphatic rings. The first-order valence-corrected chi connectivity index (χ1v) is 14.8. The standard InChI is InChI=1S/C31H36F8N2O2/c1-2-3-4-22-18-40-28(41-19-22)31(38,39)42-24-13-9-21(10-14-24)6-5-20-7-11-23(12-8-20)30(36,37)43-25-15-16-26(27(32)17-25)29(33,34)35/h5-6,15-21,23-24H,2-4,7-14H2,1H3/b6-5+. The lowest BCUT2D eigenvalue weighted by Crippen LogP contribution is -2.37. The fourth-order valence-electron chi connectivity index (χ4n) is 5.67. The van der Waals surface area contributed by atoms with Crippen molar-refractivity contribution in [3.63, 3.8) is 0 Å². The molecule has 12 heteroatoms. The molecule has 0 N–H and O–H groups in total. The van der Waals surface area contributed by atoms with Gasteiger partial charge in [-0.15, -0.1) is 0 Å². The maximum Gasteiger partial charge on any atom is 0.419 e. The van der Waals surface area contributed by atoms with Gasteiger partial charge in [-0.3, -0.25) is 0 Å². The highest BCUT2D eigenvalue weighted by molar-refractivity contribution is 5.31. The molecule has 0 atom stereocenters. The molecule has 43 heavy (non-hydrogen) atoms. The lowest BCUT2D eigenvalue weighted by Gasteiger charge is -2.33. The van der Waals surface area contributed by atoms with E-state index in [0.717, 1.165) is 24.8 Å². The van der Waals surface area contributed by atoms with Gasteiger partial charge in [0.25, 0.3) is 0 Å². The van der Waals surface area contributed by atoms with Crippen LogP contribution in [0.25, 0.3) is 0 Å². The molecule has 0 amide bonds. The lowest BCUT2D eigenvalue weighted by molar-refractivity contribution is -0.282. The smallest absolute Gasteiger partial charge is 0.419 e. The van der Waals surface area contributed by atoms with Crippen LogP contribution in [0, 0.1) is 23.6 Å². The molecule has 0 spiro atoms. The Morgan fingerprint density at radius 3 is 1.95 bits per heavy atom. The molecule has 2 aliphatic carbocycles. The van der Waals surface area contributed by atoms with Gasteiger partial charge in [-0.1, -0.05) is 25.5 Å². The summed E-state index contributed by atoms with van der Waals surface area (Å²) in [5, 5.41) is 0. The molecule has 4 rings (SSSR count). The molecule has 238 valence electrons. The maximum atomic E-state index is 14.7. The number of halogens is 8. The number of rotatable bonds is 11. The molecule has 1 aromatic carbocycles. The molecule has 4 nitrogen and oxygen atoms in total. The molecule has 1 aromatic heterocycles. The van der Waals surface area contributed by atoms with Crippen molar-refractivity contribution < 1.29 is 44.6 Å². The van der Waals surface area contributed by atoms with Crippen molar-refractivity contribution in [1.29, 1.82) is 0 Å². The van der Waals surface area contributed by atoms with Gasteiger partial charge in [0.15, 0.2) is 0 Å². The summed E-state index contributed by atoms with van der Waals surface area (Å²) in [6, 6.07) is 1.40. The highest BCUT2D eigenvalue weighted by Gasteiger charge is 2.44. The first-order chi connectivity index (χ1) is 20.3. The number of nitrogens with zero attached hydrogens (tertiary/aromatic N) is 2. The molecular formula is C31H36F8N2O2. The molecular weight excluding hydrogens is 584 g/mol. The van der Waals surface area contributed by atoms with E-state index in [0.29, 0.717) is 56.7 Å². The van der Waals surface area contributed by atoms with E-state index in [1.165, 1.54) is 12.4 Å². The minimum absolute atomic E-state index is 0.0614. The molecule has 0 aliphatic heterocycles. The van der Waals surface area contributed by atoms with Crippen molar-refractivity contribution in [1.82, 2.24) is 9.97 Å². The van der Waals surface area contributed by atoms with Gasteiger partial charge in [0.05, 0.1) is 17.6 Å².